The van der Waals surface area contributed by atoms with Crippen molar-refractivity contribution in [1.82, 2.24) is 0 Å². The van der Waals surface area contributed by atoms with Gasteiger partial charge in [0.25, 0.3) is 0 Å². The maximum atomic E-state index is 3.55. The molecule has 3 heteroatoms. The summed E-state index contributed by atoms with van der Waals surface area (Å²) in [5, 5.41) is 0. The minimum absolute atomic E-state index is 0.133. The predicted octanol–water partition coefficient (Wildman–Crippen LogP) is 8.60. The molecule has 0 aliphatic rings. The van der Waals surface area contributed by atoms with Crippen LogP contribution < -0.4 is 4.90 Å². The van der Waals surface area contributed by atoms with Crippen molar-refractivity contribution in [2.45, 2.75) is 40.0 Å². The number of hydrogen-bond donors (Lipinski definition) is 0. The van der Waals surface area contributed by atoms with Gasteiger partial charge in [0.15, 0.2) is 0 Å². The molecular formula is C24H25Br2N. The fraction of sp³-hybridized carbons (Fsp3) is 0.250. The maximum Gasteiger partial charge on any atom is 0.0520 e. The molecule has 0 spiro atoms. The van der Waals surface area contributed by atoms with Crippen molar-refractivity contribution in [2.24, 2.45) is 0 Å². The maximum absolute atomic E-state index is 3.55. The highest BCUT2D eigenvalue weighted by atomic mass is 79.9. The predicted molar refractivity (Wildman–Crippen MR) is 125 cm³/mol. The van der Waals surface area contributed by atoms with E-state index >= 15 is 0 Å². The van der Waals surface area contributed by atoms with Gasteiger partial charge in [-0.1, -0.05) is 64.8 Å². The Bertz CT molecular complexity index is 867. The van der Waals surface area contributed by atoms with Gasteiger partial charge < -0.3 is 4.90 Å². The third-order valence-corrected chi connectivity index (χ3v) is 5.81. The number of benzene rings is 3. The van der Waals surface area contributed by atoms with Gasteiger partial charge in [-0.3, -0.25) is 0 Å². The minimum Gasteiger partial charge on any atom is -0.310 e. The zero-order valence-electron chi connectivity index (χ0n) is 16.5. The number of hydrogen-bond acceptors (Lipinski definition) is 1. The first-order chi connectivity index (χ1) is 12.7. The Balaban J connectivity index is 2.22. The number of anilines is 3. The van der Waals surface area contributed by atoms with Crippen molar-refractivity contribution in [1.29, 1.82) is 0 Å². The smallest absolute Gasteiger partial charge is 0.0520 e. The van der Waals surface area contributed by atoms with E-state index in [2.05, 4.69) is 132 Å². The Hall–Kier alpha value is -1.58. The summed E-state index contributed by atoms with van der Waals surface area (Å²) in [6.45, 7) is 11.2. The summed E-state index contributed by atoms with van der Waals surface area (Å²) in [4.78, 5) is 2.34. The molecule has 3 aromatic rings. The van der Waals surface area contributed by atoms with Crippen LogP contribution in [0.4, 0.5) is 17.1 Å². The van der Waals surface area contributed by atoms with Gasteiger partial charge in [0.2, 0.25) is 0 Å². The molecule has 140 valence electrons. The lowest BCUT2D eigenvalue weighted by atomic mass is 9.84. The molecule has 0 aromatic heterocycles. The molecule has 27 heavy (non-hydrogen) atoms. The lowest BCUT2D eigenvalue weighted by Crippen LogP contribution is -2.16. The first-order valence-corrected chi connectivity index (χ1v) is 10.7. The van der Waals surface area contributed by atoms with Crippen LogP contribution in [0.5, 0.6) is 0 Å². The average molecular weight is 487 g/mol. The third kappa shape index (κ3) is 4.47. The highest BCUT2D eigenvalue weighted by Crippen LogP contribution is 2.41. The lowest BCUT2D eigenvalue weighted by molar-refractivity contribution is 0.589. The van der Waals surface area contributed by atoms with Crippen LogP contribution in [0.15, 0.2) is 69.6 Å². The van der Waals surface area contributed by atoms with Crippen LogP contribution in [-0.4, -0.2) is 0 Å². The first kappa shape index (κ1) is 20.2. The van der Waals surface area contributed by atoms with E-state index in [0.29, 0.717) is 0 Å². The van der Waals surface area contributed by atoms with Gasteiger partial charge in [0.05, 0.1) is 5.69 Å². The van der Waals surface area contributed by atoms with Gasteiger partial charge in [0, 0.05) is 20.3 Å². The summed E-state index contributed by atoms with van der Waals surface area (Å²) in [5.74, 6) is 0. The Kier molecular flexibility index (Phi) is 5.83. The van der Waals surface area contributed by atoms with Crippen LogP contribution in [0.3, 0.4) is 0 Å². The second-order valence-corrected chi connectivity index (χ2v) is 9.83. The Morgan fingerprint density at radius 2 is 1.04 bits per heavy atom. The van der Waals surface area contributed by atoms with E-state index in [1.165, 1.54) is 22.4 Å². The summed E-state index contributed by atoms with van der Waals surface area (Å²) in [5.41, 5.74) is 7.61. The molecule has 0 atom stereocenters. The molecule has 0 aliphatic carbocycles. The fourth-order valence-corrected chi connectivity index (χ4v) is 3.86. The van der Waals surface area contributed by atoms with Crippen LogP contribution in [0.1, 0.15) is 37.5 Å². The van der Waals surface area contributed by atoms with E-state index in [9.17, 15) is 0 Å². The van der Waals surface area contributed by atoms with E-state index in [4.69, 9.17) is 0 Å². The largest absolute Gasteiger partial charge is 0.310 e. The van der Waals surface area contributed by atoms with Crippen molar-refractivity contribution in [3.8, 4) is 0 Å². The molecule has 0 fully saturated rings. The van der Waals surface area contributed by atoms with Crippen LogP contribution in [0.2, 0.25) is 0 Å². The normalized spacial score (nSPS) is 11.5. The van der Waals surface area contributed by atoms with Crippen molar-refractivity contribution in [3.05, 3.63) is 86.3 Å². The van der Waals surface area contributed by atoms with Crippen LogP contribution in [-0.2, 0) is 5.41 Å². The zero-order valence-corrected chi connectivity index (χ0v) is 19.6. The van der Waals surface area contributed by atoms with E-state index in [-0.39, 0.29) is 5.41 Å². The molecule has 0 N–H and O–H groups in total. The SMILES string of the molecule is Cc1cc(C(C)(C)C)cc(C)c1N(c1ccc(Br)cc1)c1ccc(Br)cc1. The molecule has 0 saturated heterocycles. The Morgan fingerprint density at radius 1 is 0.667 bits per heavy atom. The molecule has 3 rings (SSSR count). The van der Waals surface area contributed by atoms with Gasteiger partial charge in [-0.25, -0.2) is 0 Å². The second kappa shape index (κ2) is 7.81. The molecule has 0 radical (unpaired) electrons. The van der Waals surface area contributed by atoms with Crippen molar-refractivity contribution in [3.63, 3.8) is 0 Å². The summed E-state index contributed by atoms with van der Waals surface area (Å²) in [7, 11) is 0. The fourth-order valence-electron chi connectivity index (χ4n) is 3.33. The van der Waals surface area contributed by atoms with Gasteiger partial charge in [-0.2, -0.15) is 0 Å². The molecule has 0 unspecified atom stereocenters. The van der Waals surface area contributed by atoms with E-state index in [1.54, 1.807) is 0 Å². The summed E-state index contributed by atoms with van der Waals surface area (Å²) < 4.78 is 2.16. The van der Waals surface area contributed by atoms with E-state index in [0.717, 1.165) is 20.3 Å². The molecule has 0 heterocycles. The molecule has 3 aromatic carbocycles. The Morgan fingerprint density at radius 3 is 1.37 bits per heavy atom. The number of nitrogens with zero attached hydrogens (tertiary/aromatic N) is 1. The molecule has 1 nitrogen and oxygen atoms in total. The van der Waals surface area contributed by atoms with Crippen LogP contribution >= 0.6 is 31.9 Å². The topological polar surface area (TPSA) is 3.24 Å². The van der Waals surface area contributed by atoms with E-state index < -0.39 is 0 Å². The van der Waals surface area contributed by atoms with Crippen LogP contribution in [0, 0.1) is 13.8 Å². The number of halogens is 2. The zero-order chi connectivity index (χ0) is 19.8. The van der Waals surface area contributed by atoms with Crippen molar-refractivity contribution >= 4 is 48.9 Å². The quantitative estimate of drug-likeness (QED) is 0.358. The standard InChI is InChI=1S/C24H25Br2N/c1-16-14-18(24(3,4)5)15-17(2)23(16)27(21-10-6-19(25)7-11-21)22-12-8-20(26)9-13-22/h6-15H,1-5H3. The van der Waals surface area contributed by atoms with Crippen molar-refractivity contribution in [2.75, 3.05) is 4.90 Å². The molecule has 0 aliphatic heterocycles. The molecule has 0 saturated carbocycles. The lowest BCUT2D eigenvalue weighted by Gasteiger charge is -2.30. The third-order valence-electron chi connectivity index (χ3n) is 4.75. The molecule has 0 bridgehead atoms. The van der Waals surface area contributed by atoms with Gasteiger partial charge >= 0.3 is 0 Å². The van der Waals surface area contributed by atoms with Crippen molar-refractivity contribution < 1.29 is 0 Å². The molecular weight excluding hydrogens is 462 g/mol. The average Bonchev–Trinajstić information content (AvgIpc) is 2.59. The number of aryl methyl sites for hydroxylation is 2. The number of rotatable bonds is 3. The van der Waals surface area contributed by atoms with Crippen LogP contribution in [0.25, 0.3) is 0 Å². The summed E-state index contributed by atoms with van der Waals surface area (Å²) in [6, 6.07) is 21.6. The highest BCUT2D eigenvalue weighted by molar-refractivity contribution is 9.10. The van der Waals surface area contributed by atoms with E-state index in [1.807, 2.05) is 0 Å². The monoisotopic (exact) mass is 485 g/mol. The Labute approximate surface area is 179 Å². The minimum atomic E-state index is 0.133. The first-order valence-electron chi connectivity index (χ1n) is 9.10. The second-order valence-electron chi connectivity index (χ2n) is 8.00. The molecule has 0 amide bonds. The van der Waals surface area contributed by atoms with Gasteiger partial charge in [-0.15, -0.1) is 0 Å². The van der Waals surface area contributed by atoms with Gasteiger partial charge in [0.1, 0.15) is 0 Å². The highest BCUT2D eigenvalue weighted by Gasteiger charge is 2.21. The summed E-state index contributed by atoms with van der Waals surface area (Å²) in [6.07, 6.45) is 0. The summed E-state index contributed by atoms with van der Waals surface area (Å²) >= 11 is 7.10. The van der Waals surface area contributed by atoms with Gasteiger partial charge in [-0.05, 0) is 84.5 Å².